The fourth-order valence-corrected chi connectivity index (χ4v) is 5.34. The second kappa shape index (κ2) is 7.07. The Labute approximate surface area is 163 Å². The number of hydrogen-bond acceptors (Lipinski definition) is 5. The molecule has 0 aromatic carbocycles. The number of likely N-dealkylation sites (tertiary alicyclic amines) is 1. The summed E-state index contributed by atoms with van der Waals surface area (Å²) in [7, 11) is 1.70. The molecule has 1 saturated carbocycles. The average Bonchev–Trinajstić information content (AvgIpc) is 3.39. The van der Waals surface area contributed by atoms with Crippen molar-refractivity contribution in [2.24, 2.45) is 28.7 Å². The quantitative estimate of drug-likeness (QED) is 0.343. The molecule has 0 radical (unpaired) electrons. The molecule has 1 saturated heterocycles. The molecule has 3 aliphatic rings. The van der Waals surface area contributed by atoms with Crippen LogP contribution in [0.25, 0.3) is 0 Å². The second-order valence-electron chi connectivity index (χ2n) is 7.43. The Hall–Kier alpha value is -2.22. The van der Waals surface area contributed by atoms with Gasteiger partial charge in [0.15, 0.2) is 5.96 Å². The standard InChI is InChI=1S/C19H25N5O2S/c1-10-11(2)27-14(23-10)9-22-19(20-3)21-6-7-24-17(25)15-12-4-5-13(8-12)16(15)18(24)26/h4-5,12-13,15-16H,6-9H2,1-3H3,(H2,20,21,22). The van der Waals surface area contributed by atoms with Crippen LogP contribution in [0, 0.1) is 37.5 Å². The zero-order valence-electron chi connectivity index (χ0n) is 15.9. The van der Waals surface area contributed by atoms with Gasteiger partial charge in [0.2, 0.25) is 11.8 Å². The summed E-state index contributed by atoms with van der Waals surface area (Å²) in [6.45, 7) is 5.52. The van der Waals surface area contributed by atoms with Crippen LogP contribution < -0.4 is 10.6 Å². The van der Waals surface area contributed by atoms with Gasteiger partial charge in [-0.3, -0.25) is 19.5 Å². The van der Waals surface area contributed by atoms with Gasteiger partial charge in [0.1, 0.15) is 5.01 Å². The molecule has 8 heteroatoms. The third-order valence-corrected chi connectivity index (χ3v) is 6.97. The smallest absolute Gasteiger partial charge is 0.233 e. The van der Waals surface area contributed by atoms with E-state index in [1.807, 2.05) is 6.92 Å². The van der Waals surface area contributed by atoms with Gasteiger partial charge in [-0.15, -0.1) is 11.3 Å². The molecule has 2 heterocycles. The van der Waals surface area contributed by atoms with Crippen LogP contribution in [0.3, 0.4) is 0 Å². The monoisotopic (exact) mass is 387 g/mol. The SMILES string of the molecule is CN=C(NCCN1C(=O)C2C3C=CC(C3)C2C1=O)NCc1nc(C)c(C)s1. The number of carbonyl (C=O) groups is 2. The predicted octanol–water partition coefficient (Wildman–Crippen LogP) is 1.23. The summed E-state index contributed by atoms with van der Waals surface area (Å²) in [5.74, 6) is 0.910. The highest BCUT2D eigenvalue weighted by Gasteiger charge is 2.58. The number of hydrogen-bond donors (Lipinski definition) is 2. The Morgan fingerprint density at radius 2 is 1.89 bits per heavy atom. The highest BCUT2D eigenvalue weighted by atomic mass is 32.1. The van der Waals surface area contributed by atoms with Gasteiger partial charge in [-0.2, -0.15) is 0 Å². The molecule has 1 aromatic heterocycles. The summed E-state index contributed by atoms with van der Waals surface area (Å²) in [6.07, 6.45) is 5.20. The molecule has 2 fully saturated rings. The predicted molar refractivity (Wildman–Crippen MR) is 104 cm³/mol. The number of amides is 2. The molecule has 1 aromatic rings. The minimum Gasteiger partial charge on any atom is -0.355 e. The van der Waals surface area contributed by atoms with Crippen molar-refractivity contribution in [1.82, 2.24) is 20.5 Å². The fraction of sp³-hybridized carbons (Fsp3) is 0.579. The van der Waals surface area contributed by atoms with E-state index in [-0.39, 0.29) is 35.5 Å². The fourth-order valence-electron chi connectivity index (χ4n) is 4.47. The number of nitrogens with one attached hydrogen (secondary N) is 2. The summed E-state index contributed by atoms with van der Waals surface area (Å²) in [4.78, 5) is 36.7. The van der Waals surface area contributed by atoms with Crippen LogP contribution in [0.5, 0.6) is 0 Å². The lowest BCUT2D eigenvalue weighted by Crippen LogP contribution is -2.43. The number of carbonyl (C=O) groups excluding carboxylic acids is 2. The Balaban J connectivity index is 1.28. The largest absolute Gasteiger partial charge is 0.355 e. The van der Waals surface area contributed by atoms with E-state index in [0.717, 1.165) is 17.1 Å². The molecule has 4 rings (SSSR count). The van der Waals surface area contributed by atoms with Crippen LogP contribution in [-0.2, 0) is 16.1 Å². The number of imide groups is 1. The summed E-state index contributed by atoms with van der Waals surface area (Å²) < 4.78 is 0. The Kier molecular flexibility index (Phi) is 4.75. The van der Waals surface area contributed by atoms with Gasteiger partial charge in [-0.05, 0) is 32.1 Å². The third kappa shape index (κ3) is 3.16. The number of rotatable bonds is 5. The van der Waals surface area contributed by atoms with Gasteiger partial charge in [-0.25, -0.2) is 4.98 Å². The number of allylic oxidation sites excluding steroid dienone is 2. The number of guanidine groups is 1. The van der Waals surface area contributed by atoms with Crippen molar-refractivity contribution in [3.05, 3.63) is 27.7 Å². The van der Waals surface area contributed by atoms with Crippen LogP contribution >= 0.6 is 11.3 Å². The number of aliphatic imine (C=N–C) groups is 1. The van der Waals surface area contributed by atoms with E-state index in [1.165, 1.54) is 9.78 Å². The first-order valence-electron chi connectivity index (χ1n) is 9.40. The van der Waals surface area contributed by atoms with Gasteiger partial charge in [-0.1, -0.05) is 12.2 Å². The summed E-state index contributed by atoms with van der Waals surface area (Å²) in [5.41, 5.74) is 1.06. The summed E-state index contributed by atoms with van der Waals surface area (Å²) in [5, 5.41) is 7.42. The molecule has 0 spiro atoms. The van der Waals surface area contributed by atoms with Gasteiger partial charge in [0, 0.05) is 25.0 Å². The highest BCUT2D eigenvalue weighted by molar-refractivity contribution is 7.11. The van der Waals surface area contributed by atoms with E-state index < -0.39 is 0 Å². The van der Waals surface area contributed by atoms with Crippen LogP contribution in [0.15, 0.2) is 17.1 Å². The molecular weight excluding hydrogens is 362 g/mol. The Bertz CT molecular complexity index is 781. The van der Waals surface area contributed by atoms with Crippen molar-refractivity contribution in [2.75, 3.05) is 20.1 Å². The van der Waals surface area contributed by atoms with Gasteiger partial charge >= 0.3 is 0 Å². The first-order valence-corrected chi connectivity index (χ1v) is 10.2. The summed E-state index contributed by atoms with van der Waals surface area (Å²) in [6, 6.07) is 0. The third-order valence-electron chi connectivity index (χ3n) is 5.89. The molecule has 4 unspecified atom stereocenters. The van der Waals surface area contributed by atoms with E-state index in [1.54, 1.807) is 18.4 Å². The lowest BCUT2D eigenvalue weighted by Gasteiger charge is -2.18. The molecule has 4 atom stereocenters. The van der Waals surface area contributed by atoms with Crippen LogP contribution in [0.2, 0.25) is 0 Å². The van der Waals surface area contributed by atoms with Crippen LogP contribution in [0.1, 0.15) is 22.0 Å². The molecule has 2 aliphatic carbocycles. The minimum atomic E-state index is -0.124. The lowest BCUT2D eigenvalue weighted by atomic mass is 9.85. The molecular formula is C19H25N5O2S. The normalized spacial score (nSPS) is 29.0. The Morgan fingerprint density at radius 1 is 1.22 bits per heavy atom. The van der Waals surface area contributed by atoms with E-state index in [0.29, 0.717) is 25.6 Å². The lowest BCUT2D eigenvalue weighted by molar-refractivity contribution is -0.140. The average molecular weight is 388 g/mol. The molecule has 27 heavy (non-hydrogen) atoms. The minimum absolute atomic E-state index is 0.000308. The highest BCUT2D eigenvalue weighted by Crippen LogP contribution is 2.52. The number of nitrogens with zero attached hydrogens (tertiary/aromatic N) is 3. The maximum Gasteiger partial charge on any atom is 0.233 e. The van der Waals surface area contributed by atoms with E-state index in [9.17, 15) is 9.59 Å². The van der Waals surface area contributed by atoms with Crippen LogP contribution in [0.4, 0.5) is 0 Å². The molecule has 7 nitrogen and oxygen atoms in total. The summed E-state index contributed by atoms with van der Waals surface area (Å²) >= 11 is 1.67. The van der Waals surface area contributed by atoms with Crippen molar-refractivity contribution in [3.63, 3.8) is 0 Å². The van der Waals surface area contributed by atoms with Crippen molar-refractivity contribution < 1.29 is 9.59 Å². The number of thiazole rings is 1. The number of aryl methyl sites for hydroxylation is 2. The maximum atomic E-state index is 12.7. The first kappa shape index (κ1) is 18.2. The van der Waals surface area contributed by atoms with Gasteiger partial charge in [0.05, 0.1) is 24.1 Å². The van der Waals surface area contributed by atoms with E-state index in [4.69, 9.17) is 0 Å². The molecule has 2 amide bonds. The first-order chi connectivity index (χ1) is 13.0. The van der Waals surface area contributed by atoms with Crippen molar-refractivity contribution in [3.8, 4) is 0 Å². The topological polar surface area (TPSA) is 86.7 Å². The number of fused-ring (bicyclic) bond motifs is 5. The zero-order valence-corrected chi connectivity index (χ0v) is 16.7. The van der Waals surface area contributed by atoms with E-state index >= 15 is 0 Å². The molecule has 2 N–H and O–H groups in total. The molecule has 144 valence electrons. The maximum absolute atomic E-state index is 12.7. The molecule has 2 bridgehead atoms. The van der Waals surface area contributed by atoms with Crippen molar-refractivity contribution in [1.29, 1.82) is 0 Å². The van der Waals surface area contributed by atoms with Gasteiger partial charge < -0.3 is 10.6 Å². The molecule has 1 aliphatic heterocycles. The van der Waals surface area contributed by atoms with Crippen molar-refractivity contribution in [2.45, 2.75) is 26.8 Å². The second-order valence-corrected chi connectivity index (χ2v) is 8.72. The van der Waals surface area contributed by atoms with E-state index in [2.05, 4.69) is 39.7 Å². The Morgan fingerprint density at radius 3 is 2.44 bits per heavy atom. The number of aromatic nitrogens is 1. The van der Waals surface area contributed by atoms with Crippen molar-refractivity contribution >= 4 is 29.1 Å². The van der Waals surface area contributed by atoms with Crippen LogP contribution in [-0.4, -0.2) is 47.8 Å². The van der Waals surface area contributed by atoms with Gasteiger partial charge in [0.25, 0.3) is 0 Å². The zero-order chi connectivity index (χ0) is 19.1.